The molecule has 13 rings (SSSR count). The number of benzene rings is 6. The Kier molecular flexibility index (Phi) is 27.0. The number of aromatic nitrogens is 3. The number of nitrogens with one attached hydrogen (secondary N) is 7. The fourth-order valence-corrected chi connectivity index (χ4v) is 16.7. The van der Waals surface area contributed by atoms with Crippen molar-refractivity contribution in [1.29, 1.82) is 0 Å². The van der Waals surface area contributed by atoms with Crippen LogP contribution in [0.25, 0.3) is 32.7 Å². The van der Waals surface area contributed by atoms with E-state index in [1.54, 1.807) is 125 Å². The molecule has 2 saturated heterocycles. The maximum Gasteiger partial charge on any atom is 0.415 e. The molecule has 4 aliphatic heterocycles. The maximum absolute atomic E-state index is 15.0. The number of allylic oxidation sites excluding steroid dienone is 6. The number of thioether (sulfide) groups is 2. The molecule has 30 heteroatoms. The van der Waals surface area contributed by atoms with Crippen LogP contribution < -0.4 is 52.0 Å². The summed E-state index contributed by atoms with van der Waals surface area (Å²) in [5.41, 5.74) is 13.2. The topological polar surface area (TPSA) is 329 Å². The first-order valence-electron chi connectivity index (χ1n) is 38.2. The van der Waals surface area contributed by atoms with E-state index in [9.17, 15) is 38.4 Å². The lowest BCUT2D eigenvalue weighted by Gasteiger charge is -2.31. The average Bonchev–Trinajstić information content (AvgIpc) is 1.57. The monoisotopic (exact) mass is 1600 g/mol. The smallest absolute Gasteiger partial charge is 0.415 e. The Morgan fingerprint density at radius 1 is 0.754 bits per heavy atom. The lowest BCUT2D eigenvalue weighted by molar-refractivity contribution is -0.128. The normalized spacial score (nSPS) is 18.0. The van der Waals surface area contributed by atoms with Crippen LogP contribution in [0.4, 0.5) is 31.4 Å². The van der Waals surface area contributed by atoms with Gasteiger partial charge in [0, 0.05) is 150 Å². The number of nitrogens with two attached hydrogens (primary N) is 1. The van der Waals surface area contributed by atoms with E-state index in [1.807, 2.05) is 87.5 Å². The minimum Gasteiger partial charge on any atom is -0.492 e. The van der Waals surface area contributed by atoms with E-state index in [-0.39, 0.29) is 93.0 Å². The minimum absolute atomic E-state index is 0.0745. The van der Waals surface area contributed by atoms with Crippen molar-refractivity contribution in [3.8, 4) is 11.5 Å². The van der Waals surface area contributed by atoms with E-state index in [0.29, 0.717) is 136 Å². The van der Waals surface area contributed by atoms with Gasteiger partial charge in [-0.15, -0.1) is 35.1 Å². The third kappa shape index (κ3) is 20.4. The van der Waals surface area contributed by atoms with Gasteiger partial charge in [-0.1, -0.05) is 68.5 Å². The Hall–Kier alpha value is -10.8. The molecule has 1 aliphatic carbocycles. The number of rotatable bonds is 28. The quantitative estimate of drug-likeness (QED) is 0.0167. The Balaban J connectivity index is 0.615. The molecule has 27 nitrogen and oxygen atoms in total. The van der Waals surface area contributed by atoms with Crippen LogP contribution in [-0.4, -0.2) is 212 Å². The van der Waals surface area contributed by atoms with E-state index in [1.165, 1.54) is 4.90 Å². The number of nitrogens with zero attached hydrogens (tertiary/aromatic N) is 7. The number of likely N-dealkylation sites (N-methyl/N-ethyl adjacent to an activating group) is 2. The lowest BCUT2D eigenvalue weighted by atomic mass is 9.95. The summed E-state index contributed by atoms with van der Waals surface area (Å²) in [6.07, 6.45) is 12.1. The van der Waals surface area contributed by atoms with Gasteiger partial charge in [-0.3, -0.25) is 28.9 Å². The highest BCUT2D eigenvalue weighted by Gasteiger charge is 2.42. The number of carbonyl (C=O) groups excluding carboxylic acids is 8. The van der Waals surface area contributed by atoms with Crippen LogP contribution in [0.2, 0.25) is 0 Å². The number of primary amides is 1. The van der Waals surface area contributed by atoms with Gasteiger partial charge in [0.2, 0.25) is 11.8 Å². The van der Waals surface area contributed by atoms with Crippen molar-refractivity contribution in [2.24, 2.45) is 11.7 Å². The van der Waals surface area contributed by atoms with Gasteiger partial charge in [0.1, 0.15) is 36.4 Å². The molecule has 2 bridgehead atoms. The maximum atomic E-state index is 15.0. The second kappa shape index (κ2) is 37.9. The molecule has 6 heterocycles. The Morgan fingerprint density at radius 2 is 1.50 bits per heavy atom. The Bertz CT molecular complexity index is 5030. The van der Waals surface area contributed by atoms with Crippen molar-refractivity contribution in [2.75, 3.05) is 121 Å². The first-order chi connectivity index (χ1) is 55.2. The molecule has 0 unspecified atom stereocenters. The lowest BCUT2D eigenvalue weighted by Crippen LogP contribution is -2.54. The Labute approximate surface area is 674 Å². The number of carbonyl (C=O) groups is 8. The largest absolute Gasteiger partial charge is 0.492 e. The number of halogens is 1. The number of morpholine rings is 1. The van der Waals surface area contributed by atoms with E-state index in [2.05, 4.69) is 60.0 Å². The number of alkyl halides is 1. The first kappa shape index (κ1) is 81.2. The van der Waals surface area contributed by atoms with Crippen molar-refractivity contribution < 1.29 is 57.3 Å². The number of ether oxygens (including phenoxy) is 4. The highest BCUT2D eigenvalue weighted by atomic mass is 35.5. The predicted octanol–water partition coefficient (Wildman–Crippen LogP) is 11.3. The van der Waals surface area contributed by atoms with Crippen molar-refractivity contribution in [2.45, 2.75) is 81.3 Å². The van der Waals surface area contributed by atoms with Gasteiger partial charge in [-0.25, -0.2) is 24.4 Å². The molecule has 2 fully saturated rings. The molecule has 8 aromatic rings. The number of anilines is 3. The molecule has 0 spiro atoms. The molecule has 596 valence electrons. The van der Waals surface area contributed by atoms with Crippen LogP contribution in [0.5, 0.6) is 11.5 Å². The molecular weight excluding hydrogens is 1510 g/mol. The van der Waals surface area contributed by atoms with E-state index < -0.39 is 48.2 Å². The number of aromatic amines is 1. The van der Waals surface area contributed by atoms with E-state index in [4.69, 9.17) is 46.3 Å². The third-order valence-electron chi connectivity index (χ3n) is 20.5. The molecule has 2 aromatic heterocycles. The second-order valence-corrected chi connectivity index (χ2v) is 31.7. The zero-order valence-electron chi connectivity index (χ0n) is 64.2. The number of hydrogen-bond acceptors (Lipinski definition) is 19. The summed E-state index contributed by atoms with van der Waals surface area (Å²) in [4.78, 5) is 135. The molecule has 5 atom stereocenters. The SMILES string of the molecule is CC(C)[C@@H](NCCNC(=O)c1ccc2nc3c(nc2c1)CSC1=C/C(=C\C=C\C=C1)SC3)C(=O)N[C@H](CCCNC(N)=O)C(=O)Nc1ccc(COC(=O)N(C)C[C@@H]2C[C@@H](N3CCOCC3)CN2C(=O)Oc2cc3c(c4ccccc24)[C@H](CCl)CN3C(=O)c2cc3cc(NC(=O)c4ccc(OCCN(C)C)cc4)ccc3[nH]2)cc1. The minimum atomic E-state index is -1.04. The summed E-state index contributed by atoms with van der Waals surface area (Å²) >= 11 is 10.1. The van der Waals surface area contributed by atoms with E-state index in [0.717, 1.165) is 38.7 Å². The fourth-order valence-electron chi connectivity index (χ4n) is 14.5. The van der Waals surface area contributed by atoms with Crippen LogP contribution >= 0.6 is 35.1 Å². The summed E-state index contributed by atoms with van der Waals surface area (Å²) in [5, 5.41) is 19.7. The van der Waals surface area contributed by atoms with Crippen molar-refractivity contribution in [3.05, 3.63) is 207 Å². The molecule has 5 aliphatic rings. The zero-order valence-corrected chi connectivity index (χ0v) is 66.6. The molecule has 9 N–H and O–H groups in total. The van der Waals surface area contributed by atoms with E-state index >= 15 is 0 Å². The molecule has 114 heavy (non-hydrogen) atoms. The molecule has 0 radical (unpaired) electrons. The van der Waals surface area contributed by atoms with Gasteiger partial charge >= 0.3 is 18.2 Å². The van der Waals surface area contributed by atoms with Crippen LogP contribution in [0.3, 0.4) is 0 Å². The summed E-state index contributed by atoms with van der Waals surface area (Å²) in [6, 6.07) is 32.3. The summed E-state index contributed by atoms with van der Waals surface area (Å²) in [7, 11) is 5.55. The van der Waals surface area contributed by atoms with Crippen molar-refractivity contribution in [1.82, 2.24) is 55.8 Å². The predicted molar refractivity (Wildman–Crippen MR) is 445 cm³/mol. The number of urea groups is 1. The van der Waals surface area contributed by atoms with Gasteiger partial charge in [0.25, 0.3) is 17.7 Å². The number of hydrogen-bond donors (Lipinski definition) is 8. The Morgan fingerprint density at radius 3 is 2.25 bits per heavy atom. The molecule has 6 aromatic carbocycles. The molecule has 9 amide bonds. The van der Waals surface area contributed by atoms with Gasteiger partial charge in [-0.2, -0.15) is 0 Å². The second-order valence-electron chi connectivity index (χ2n) is 29.3. The van der Waals surface area contributed by atoms with Crippen molar-refractivity contribution in [3.63, 3.8) is 0 Å². The van der Waals surface area contributed by atoms with Crippen LogP contribution in [0.15, 0.2) is 168 Å². The number of amides is 9. The van der Waals surface area contributed by atoms with Crippen LogP contribution in [-0.2, 0) is 37.2 Å². The number of likely N-dealkylation sites (tertiary alicyclic amines) is 1. The van der Waals surface area contributed by atoms with Crippen LogP contribution in [0, 0.1) is 5.92 Å². The number of fused-ring (bicyclic) bond motifs is 7. The summed E-state index contributed by atoms with van der Waals surface area (Å²) < 4.78 is 23.9. The summed E-state index contributed by atoms with van der Waals surface area (Å²) in [5.74, 6) is 0.0221. The highest BCUT2D eigenvalue weighted by Crippen LogP contribution is 2.47. The zero-order chi connectivity index (χ0) is 79.9. The van der Waals surface area contributed by atoms with Gasteiger partial charge < -0.3 is 81.2 Å². The third-order valence-corrected chi connectivity index (χ3v) is 22.9. The van der Waals surface area contributed by atoms with Gasteiger partial charge in [0.15, 0.2) is 0 Å². The fraction of sp³-hybridized carbons (Fsp3) is 0.357. The average molecular weight is 1610 g/mol. The first-order valence-corrected chi connectivity index (χ1v) is 40.7. The van der Waals surface area contributed by atoms with Gasteiger partial charge in [-0.05, 0) is 153 Å². The number of H-pyrrole nitrogens is 1. The summed E-state index contributed by atoms with van der Waals surface area (Å²) in [6.45, 7) is 8.53. The molecular formula is C84H94ClN15O12S2. The van der Waals surface area contributed by atoms with Gasteiger partial charge in [0.05, 0.1) is 53.4 Å². The highest BCUT2D eigenvalue weighted by molar-refractivity contribution is 8.03. The van der Waals surface area contributed by atoms with Crippen molar-refractivity contribution >= 4 is 133 Å². The molecule has 0 saturated carbocycles. The van der Waals surface area contributed by atoms with Crippen LogP contribution in [0.1, 0.15) is 92.7 Å². The standard InChI is InChI=1S/C84H94ClN15O12S2/c1-51(2)76(87-30-31-88-77(101)54-21-27-67-69(39-54)94-72-50-114-63-13-8-6-7-12-62(42-63)113-49-71(72)93-67)80(104)95-68(16-11-29-89-82(86)106)79(103)90-57-22-17-52(18-23-57)48-111-83(107)97(5)46-60-41-59(98-33-35-109-36-34-98)47-99(60)84(108)112-74-43-73-75(65-15-10-9-14-64(65)74)56(44-85)45-100(73)81(105)70-40-55-38-58(24-28-66(55)92-70)91-78(102)53-19-25-61(26-20-53)110-37-32-96(3)4/h6-10,12-15,17-28,38-40,42-43,51,56,59-60,68,76,87,92H,11,16,29-37,41,44-50H2,1-5H3,(H,88,101)(H,90,103)(H,91,102)(H,95,104)(H3,86,89,106)/b7-6+,8-6?,12-7?,13-8?,62-12+,62-42?,63-13?,63-42?/t56-,59-,60+,68-,76-/m1/s1.